The van der Waals surface area contributed by atoms with Gasteiger partial charge in [0.25, 0.3) is 0 Å². The van der Waals surface area contributed by atoms with Crippen LogP contribution in [0.2, 0.25) is 5.02 Å². The predicted molar refractivity (Wildman–Crippen MR) is 88.4 cm³/mol. The molecule has 4 rings (SSSR count). The molecule has 7 heteroatoms. The number of anilines is 1. The molecule has 2 fully saturated rings. The molecule has 0 saturated heterocycles. The van der Waals surface area contributed by atoms with Crippen LogP contribution < -0.4 is 5.32 Å². The minimum absolute atomic E-state index is 0.0168. The molecule has 2 aliphatic carbocycles. The molecule has 1 aromatic carbocycles. The Morgan fingerprint density at radius 3 is 2.56 bits per heavy atom. The van der Waals surface area contributed by atoms with Crippen LogP contribution in [-0.4, -0.2) is 29.7 Å². The van der Waals surface area contributed by atoms with Gasteiger partial charge in [0.15, 0.2) is 5.41 Å². The van der Waals surface area contributed by atoms with Gasteiger partial charge < -0.3 is 10.2 Å². The monoisotopic (exact) mass is 368 g/mol. The van der Waals surface area contributed by atoms with E-state index in [9.17, 15) is 18.0 Å². The number of carbonyl (C=O) groups excluding carboxylic acids is 1. The lowest BCUT2D eigenvalue weighted by molar-refractivity contribution is -0.175. The summed E-state index contributed by atoms with van der Waals surface area (Å²) >= 11 is 5.99. The van der Waals surface area contributed by atoms with Crippen LogP contribution in [0.4, 0.5) is 23.7 Å². The largest absolute Gasteiger partial charge is 0.410 e. The van der Waals surface area contributed by atoms with E-state index in [1.165, 1.54) is 23.1 Å². The summed E-state index contributed by atoms with van der Waals surface area (Å²) in [7, 11) is 0. The maximum Gasteiger partial charge on any atom is 0.410 e. The number of hydrogen-bond donors (Lipinski definition) is 1. The molecule has 1 aliphatic heterocycles. The SMILES string of the molecule is O=C1Nc2ccc(Cl)cc2[C@](C#CC2CC2)(C(F)(F)F)CN1C1CC1. The van der Waals surface area contributed by atoms with Gasteiger partial charge in [0.2, 0.25) is 0 Å². The van der Waals surface area contributed by atoms with Gasteiger partial charge >= 0.3 is 12.2 Å². The fourth-order valence-electron chi connectivity index (χ4n) is 3.13. The van der Waals surface area contributed by atoms with Crippen molar-refractivity contribution in [3.8, 4) is 11.8 Å². The Morgan fingerprint density at radius 2 is 1.96 bits per heavy atom. The van der Waals surface area contributed by atoms with Crippen LogP contribution in [-0.2, 0) is 5.41 Å². The zero-order valence-corrected chi connectivity index (χ0v) is 14.0. The van der Waals surface area contributed by atoms with Crippen LogP contribution in [0.15, 0.2) is 18.2 Å². The third-order valence-corrected chi connectivity index (χ3v) is 5.13. The average molecular weight is 369 g/mol. The van der Waals surface area contributed by atoms with Gasteiger partial charge in [0.05, 0.1) is 6.54 Å². The summed E-state index contributed by atoms with van der Waals surface area (Å²) in [6.07, 6.45) is -1.55. The molecule has 1 atom stereocenters. The molecule has 0 radical (unpaired) electrons. The molecule has 0 unspecified atom stereocenters. The van der Waals surface area contributed by atoms with E-state index in [0.29, 0.717) is 12.8 Å². The molecular weight excluding hydrogens is 353 g/mol. The molecule has 132 valence electrons. The van der Waals surface area contributed by atoms with Gasteiger partial charge in [-0.1, -0.05) is 23.4 Å². The van der Waals surface area contributed by atoms with Crippen LogP contribution in [0.5, 0.6) is 0 Å². The highest BCUT2D eigenvalue weighted by atomic mass is 35.5. The molecule has 0 aromatic heterocycles. The summed E-state index contributed by atoms with van der Waals surface area (Å²) < 4.78 is 43.0. The standard InChI is InChI=1S/C18H16ClF3N2O/c19-12-3-6-15-14(9-12)17(18(20,21)22,8-7-11-1-2-11)10-24(13-4-5-13)16(25)23-15/h3,6,9,11,13H,1-2,4-5,10H2,(H,23,25)/t17-/m1/s1. The summed E-state index contributed by atoms with van der Waals surface area (Å²) in [6.45, 7) is -0.500. The second-order valence-electron chi connectivity index (χ2n) is 6.93. The zero-order valence-electron chi connectivity index (χ0n) is 13.3. The number of nitrogens with zero attached hydrogens (tertiary/aromatic N) is 1. The van der Waals surface area contributed by atoms with Crippen molar-refractivity contribution in [1.82, 2.24) is 4.90 Å². The highest BCUT2D eigenvalue weighted by Gasteiger charge is 2.60. The topological polar surface area (TPSA) is 32.3 Å². The first-order valence-corrected chi connectivity index (χ1v) is 8.65. The number of carbonyl (C=O) groups is 1. The minimum atomic E-state index is -4.63. The summed E-state index contributed by atoms with van der Waals surface area (Å²) in [5.41, 5.74) is -2.38. The Hall–Kier alpha value is -1.87. The molecule has 25 heavy (non-hydrogen) atoms. The van der Waals surface area contributed by atoms with Gasteiger partial charge in [0.1, 0.15) is 0 Å². The smallest absolute Gasteiger partial charge is 0.319 e. The molecule has 3 nitrogen and oxygen atoms in total. The third-order valence-electron chi connectivity index (χ3n) is 4.89. The molecule has 1 heterocycles. The molecule has 2 saturated carbocycles. The van der Waals surface area contributed by atoms with Gasteiger partial charge in [-0.25, -0.2) is 4.79 Å². The van der Waals surface area contributed by atoms with Crippen LogP contribution in [0.25, 0.3) is 0 Å². The van der Waals surface area contributed by atoms with Crippen molar-refractivity contribution in [2.75, 3.05) is 11.9 Å². The summed E-state index contributed by atoms with van der Waals surface area (Å²) in [5, 5.41) is 2.80. The number of benzene rings is 1. The van der Waals surface area contributed by atoms with E-state index in [-0.39, 0.29) is 28.2 Å². The number of fused-ring (bicyclic) bond motifs is 1. The first kappa shape index (κ1) is 16.6. The van der Waals surface area contributed by atoms with Crippen molar-refractivity contribution < 1.29 is 18.0 Å². The van der Waals surface area contributed by atoms with Crippen LogP contribution in [0.1, 0.15) is 31.2 Å². The Morgan fingerprint density at radius 1 is 1.24 bits per heavy atom. The molecule has 0 bridgehead atoms. The maximum atomic E-state index is 14.3. The van der Waals surface area contributed by atoms with E-state index in [4.69, 9.17) is 11.6 Å². The van der Waals surface area contributed by atoms with Crippen molar-refractivity contribution in [3.63, 3.8) is 0 Å². The highest BCUT2D eigenvalue weighted by molar-refractivity contribution is 6.30. The fraction of sp³-hybridized carbons (Fsp3) is 0.500. The number of halogens is 4. The number of amides is 2. The summed E-state index contributed by atoms with van der Waals surface area (Å²) in [5.74, 6) is 5.32. The third kappa shape index (κ3) is 2.95. The number of alkyl halides is 3. The maximum absolute atomic E-state index is 14.3. The molecule has 1 N–H and O–H groups in total. The van der Waals surface area contributed by atoms with Crippen molar-refractivity contribution in [3.05, 3.63) is 28.8 Å². The first-order valence-electron chi connectivity index (χ1n) is 8.27. The Balaban J connectivity index is 1.92. The van der Waals surface area contributed by atoms with Gasteiger partial charge in [-0.3, -0.25) is 0 Å². The summed E-state index contributed by atoms with van der Waals surface area (Å²) in [4.78, 5) is 13.8. The number of rotatable bonds is 1. The van der Waals surface area contributed by atoms with Crippen LogP contribution in [0, 0.1) is 17.8 Å². The van der Waals surface area contributed by atoms with Crippen molar-refractivity contribution >= 4 is 23.3 Å². The number of nitrogens with one attached hydrogen (secondary N) is 1. The fourth-order valence-corrected chi connectivity index (χ4v) is 3.30. The molecule has 2 amide bonds. The predicted octanol–water partition coefficient (Wildman–Crippen LogP) is 4.56. The second kappa shape index (κ2) is 5.57. The van der Waals surface area contributed by atoms with E-state index >= 15 is 0 Å². The van der Waals surface area contributed by atoms with E-state index in [2.05, 4.69) is 17.2 Å². The van der Waals surface area contributed by atoms with Gasteiger partial charge in [-0.15, -0.1) is 0 Å². The number of urea groups is 1. The zero-order chi connectivity index (χ0) is 17.8. The van der Waals surface area contributed by atoms with E-state index in [1.54, 1.807) is 0 Å². The average Bonchev–Trinajstić information content (AvgIpc) is 3.40. The van der Waals surface area contributed by atoms with E-state index in [0.717, 1.165) is 12.8 Å². The number of hydrogen-bond acceptors (Lipinski definition) is 1. The lowest BCUT2D eigenvalue weighted by atomic mass is 9.78. The van der Waals surface area contributed by atoms with E-state index in [1.807, 2.05) is 0 Å². The quantitative estimate of drug-likeness (QED) is 0.724. The molecule has 3 aliphatic rings. The second-order valence-corrected chi connectivity index (χ2v) is 7.36. The molecular formula is C18H16ClF3N2O. The Bertz CT molecular complexity index is 790. The first-order chi connectivity index (χ1) is 11.8. The van der Waals surface area contributed by atoms with E-state index < -0.39 is 24.2 Å². The minimum Gasteiger partial charge on any atom is -0.319 e. The van der Waals surface area contributed by atoms with Crippen molar-refractivity contribution in [2.24, 2.45) is 5.92 Å². The Labute approximate surface area is 148 Å². The van der Waals surface area contributed by atoms with Crippen LogP contribution in [0.3, 0.4) is 0 Å². The van der Waals surface area contributed by atoms with Gasteiger partial charge in [-0.05, 0) is 43.9 Å². The molecule has 0 spiro atoms. The van der Waals surface area contributed by atoms with Gasteiger partial charge in [0, 0.05) is 28.2 Å². The van der Waals surface area contributed by atoms with Gasteiger partial charge in [-0.2, -0.15) is 13.2 Å². The lowest BCUT2D eigenvalue weighted by Crippen LogP contribution is -2.51. The Kier molecular flexibility index (Phi) is 3.69. The lowest BCUT2D eigenvalue weighted by Gasteiger charge is -2.34. The normalized spacial score (nSPS) is 26.2. The van der Waals surface area contributed by atoms with Crippen LogP contribution >= 0.6 is 11.6 Å². The highest BCUT2D eigenvalue weighted by Crippen LogP contribution is 2.48. The molecule has 1 aromatic rings. The van der Waals surface area contributed by atoms with Crippen molar-refractivity contribution in [1.29, 1.82) is 0 Å². The summed E-state index contributed by atoms with van der Waals surface area (Å²) in [6, 6.07) is 3.51. The van der Waals surface area contributed by atoms with Crippen molar-refractivity contribution in [2.45, 2.75) is 43.3 Å².